The van der Waals surface area contributed by atoms with Crippen molar-refractivity contribution >= 4 is 5.69 Å². The highest BCUT2D eigenvalue weighted by atomic mass is 15.0. The van der Waals surface area contributed by atoms with Crippen molar-refractivity contribution in [2.75, 3.05) is 19.4 Å². The zero-order valence-corrected chi connectivity index (χ0v) is 11.7. The average molecular weight is 234 g/mol. The number of hydrogen-bond donors (Lipinski definition) is 1. The third kappa shape index (κ3) is 5.22. The molecule has 96 valence electrons. The van der Waals surface area contributed by atoms with Gasteiger partial charge in [0.15, 0.2) is 0 Å². The van der Waals surface area contributed by atoms with E-state index in [9.17, 15) is 0 Å². The molecule has 0 aliphatic carbocycles. The van der Waals surface area contributed by atoms with Crippen molar-refractivity contribution in [3.63, 3.8) is 0 Å². The Kier molecular flexibility index (Phi) is 6.06. The normalized spacial score (nSPS) is 12.8. The van der Waals surface area contributed by atoms with E-state index in [1.807, 2.05) is 0 Å². The van der Waals surface area contributed by atoms with Gasteiger partial charge in [0.25, 0.3) is 0 Å². The summed E-state index contributed by atoms with van der Waals surface area (Å²) in [7, 11) is 4.21. The van der Waals surface area contributed by atoms with E-state index in [0.717, 1.165) is 6.54 Å². The summed E-state index contributed by atoms with van der Waals surface area (Å²) in [5.74, 6) is 0. The summed E-state index contributed by atoms with van der Waals surface area (Å²) in [6.45, 7) is 5.49. The lowest BCUT2D eigenvalue weighted by atomic mass is 10.1. The first kappa shape index (κ1) is 14.0. The van der Waals surface area contributed by atoms with E-state index in [1.165, 1.54) is 30.5 Å². The maximum atomic E-state index is 3.62. The second-order valence-electron chi connectivity index (χ2n) is 4.98. The third-order valence-corrected chi connectivity index (χ3v) is 2.93. The summed E-state index contributed by atoms with van der Waals surface area (Å²) >= 11 is 0. The fourth-order valence-electron chi connectivity index (χ4n) is 2.09. The molecular weight excluding hydrogens is 208 g/mol. The molecule has 0 bridgehead atoms. The second kappa shape index (κ2) is 7.33. The van der Waals surface area contributed by atoms with Crippen molar-refractivity contribution in [1.82, 2.24) is 4.90 Å². The Morgan fingerprint density at radius 3 is 2.59 bits per heavy atom. The molecule has 0 saturated heterocycles. The second-order valence-corrected chi connectivity index (χ2v) is 4.98. The van der Waals surface area contributed by atoms with E-state index < -0.39 is 0 Å². The van der Waals surface area contributed by atoms with Gasteiger partial charge >= 0.3 is 0 Å². The standard InChI is InChI=1S/C15H26N2/c1-5-8-14(6-2)16-15-10-7-9-13(11-15)12-17(3)4/h7,9-11,14,16H,5-6,8,12H2,1-4H3. The van der Waals surface area contributed by atoms with Crippen molar-refractivity contribution in [3.05, 3.63) is 29.8 Å². The van der Waals surface area contributed by atoms with Gasteiger partial charge in [-0.05, 0) is 44.6 Å². The number of nitrogens with one attached hydrogen (secondary N) is 1. The predicted octanol–water partition coefficient (Wildman–Crippen LogP) is 3.74. The van der Waals surface area contributed by atoms with Gasteiger partial charge in [-0.3, -0.25) is 0 Å². The topological polar surface area (TPSA) is 15.3 Å². The largest absolute Gasteiger partial charge is 0.382 e. The lowest BCUT2D eigenvalue weighted by molar-refractivity contribution is 0.402. The molecule has 0 aromatic heterocycles. The molecule has 1 N–H and O–H groups in total. The van der Waals surface area contributed by atoms with Gasteiger partial charge in [-0.15, -0.1) is 0 Å². The van der Waals surface area contributed by atoms with Crippen LogP contribution in [-0.4, -0.2) is 25.0 Å². The summed E-state index contributed by atoms with van der Waals surface area (Å²) in [4.78, 5) is 2.20. The minimum atomic E-state index is 0.606. The highest BCUT2D eigenvalue weighted by Crippen LogP contribution is 2.15. The van der Waals surface area contributed by atoms with Crippen LogP contribution in [0, 0.1) is 0 Å². The van der Waals surface area contributed by atoms with Gasteiger partial charge < -0.3 is 10.2 Å². The van der Waals surface area contributed by atoms with Crippen LogP contribution >= 0.6 is 0 Å². The monoisotopic (exact) mass is 234 g/mol. The first-order valence-corrected chi connectivity index (χ1v) is 6.65. The Bertz CT molecular complexity index is 320. The van der Waals surface area contributed by atoms with Crippen molar-refractivity contribution in [2.45, 2.75) is 45.7 Å². The molecule has 1 aromatic carbocycles. The van der Waals surface area contributed by atoms with Gasteiger partial charge in [-0.25, -0.2) is 0 Å². The van der Waals surface area contributed by atoms with Crippen LogP contribution in [0.2, 0.25) is 0 Å². The molecule has 0 saturated carbocycles. The lowest BCUT2D eigenvalue weighted by Gasteiger charge is -2.18. The van der Waals surface area contributed by atoms with E-state index in [1.54, 1.807) is 0 Å². The van der Waals surface area contributed by atoms with Gasteiger partial charge in [0.1, 0.15) is 0 Å². The van der Waals surface area contributed by atoms with E-state index in [0.29, 0.717) is 6.04 Å². The molecule has 1 unspecified atom stereocenters. The van der Waals surface area contributed by atoms with Crippen molar-refractivity contribution < 1.29 is 0 Å². The molecule has 0 radical (unpaired) electrons. The quantitative estimate of drug-likeness (QED) is 0.773. The van der Waals surface area contributed by atoms with E-state index >= 15 is 0 Å². The van der Waals surface area contributed by atoms with E-state index in [2.05, 4.69) is 62.4 Å². The van der Waals surface area contributed by atoms with Crippen LogP contribution < -0.4 is 5.32 Å². The molecule has 1 rings (SSSR count). The first-order chi connectivity index (χ1) is 8.15. The highest BCUT2D eigenvalue weighted by Gasteiger charge is 2.05. The summed E-state index contributed by atoms with van der Waals surface area (Å²) in [6.07, 6.45) is 3.67. The van der Waals surface area contributed by atoms with Gasteiger partial charge in [-0.2, -0.15) is 0 Å². The number of anilines is 1. The maximum absolute atomic E-state index is 3.62. The van der Waals surface area contributed by atoms with Crippen molar-refractivity contribution in [1.29, 1.82) is 0 Å². The Labute approximate surface area is 106 Å². The molecule has 0 aliphatic rings. The number of nitrogens with zero attached hydrogens (tertiary/aromatic N) is 1. The summed E-state index contributed by atoms with van der Waals surface area (Å²) < 4.78 is 0. The van der Waals surface area contributed by atoms with Crippen LogP contribution in [0.1, 0.15) is 38.7 Å². The van der Waals surface area contributed by atoms with Gasteiger partial charge in [0.2, 0.25) is 0 Å². The van der Waals surface area contributed by atoms with Crippen LogP contribution in [0.5, 0.6) is 0 Å². The molecule has 0 spiro atoms. The molecule has 2 nitrogen and oxygen atoms in total. The van der Waals surface area contributed by atoms with Gasteiger partial charge in [0, 0.05) is 18.3 Å². The minimum Gasteiger partial charge on any atom is -0.382 e. The minimum absolute atomic E-state index is 0.606. The molecule has 0 amide bonds. The molecule has 17 heavy (non-hydrogen) atoms. The van der Waals surface area contributed by atoms with Crippen LogP contribution in [0.25, 0.3) is 0 Å². The van der Waals surface area contributed by atoms with Gasteiger partial charge in [0.05, 0.1) is 0 Å². The summed E-state index contributed by atoms with van der Waals surface area (Å²) in [6, 6.07) is 9.36. The zero-order chi connectivity index (χ0) is 12.7. The molecular formula is C15H26N2. The van der Waals surface area contributed by atoms with Crippen LogP contribution in [0.4, 0.5) is 5.69 Å². The summed E-state index contributed by atoms with van der Waals surface area (Å²) in [5.41, 5.74) is 2.62. The smallest absolute Gasteiger partial charge is 0.0345 e. The molecule has 2 heteroatoms. The van der Waals surface area contributed by atoms with Crippen molar-refractivity contribution in [2.24, 2.45) is 0 Å². The zero-order valence-electron chi connectivity index (χ0n) is 11.7. The molecule has 0 fully saturated rings. The van der Waals surface area contributed by atoms with E-state index in [-0.39, 0.29) is 0 Å². The molecule has 1 aromatic rings. The number of hydrogen-bond acceptors (Lipinski definition) is 2. The highest BCUT2D eigenvalue weighted by molar-refractivity contribution is 5.46. The van der Waals surface area contributed by atoms with E-state index in [4.69, 9.17) is 0 Å². The maximum Gasteiger partial charge on any atom is 0.0345 e. The lowest BCUT2D eigenvalue weighted by Crippen LogP contribution is -2.18. The molecule has 0 heterocycles. The van der Waals surface area contributed by atoms with Crippen LogP contribution in [-0.2, 0) is 6.54 Å². The van der Waals surface area contributed by atoms with Crippen molar-refractivity contribution in [3.8, 4) is 0 Å². The molecule has 0 aliphatic heterocycles. The molecule has 1 atom stereocenters. The Balaban J connectivity index is 2.63. The fourth-order valence-corrected chi connectivity index (χ4v) is 2.09. The summed E-state index contributed by atoms with van der Waals surface area (Å²) in [5, 5.41) is 3.62. The predicted molar refractivity (Wildman–Crippen MR) is 76.4 cm³/mol. The SMILES string of the molecule is CCCC(CC)Nc1cccc(CN(C)C)c1. The van der Waals surface area contributed by atoms with Crippen LogP contribution in [0.15, 0.2) is 24.3 Å². The first-order valence-electron chi connectivity index (χ1n) is 6.65. The fraction of sp³-hybridized carbons (Fsp3) is 0.600. The Hall–Kier alpha value is -1.02. The number of benzene rings is 1. The van der Waals surface area contributed by atoms with Crippen LogP contribution in [0.3, 0.4) is 0 Å². The third-order valence-electron chi connectivity index (χ3n) is 2.93. The Morgan fingerprint density at radius 2 is 2.00 bits per heavy atom. The Morgan fingerprint density at radius 1 is 1.24 bits per heavy atom. The number of rotatable bonds is 7. The van der Waals surface area contributed by atoms with Gasteiger partial charge in [-0.1, -0.05) is 32.4 Å². The average Bonchev–Trinajstić information content (AvgIpc) is 2.28.